The van der Waals surface area contributed by atoms with Crippen LogP contribution in [0, 0.1) is 0 Å². The van der Waals surface area contributed by atoms with Crippen molar-refractivity contribution in [1.82, 2.24) is 9.88 Å². The van der Waals surface area contributed by atoms with Gasteiger partial charge in [0, 0.05) is 40.8 Å². The third-order valence-electron chi connectivity index (χ3n) is 3.17. The number of nitrogens with zero attached hydrogens (tertiary/aromatic N) is 2. The summed E-state index contributed by atoms with van der Waals surface area (Å²) in [6, 6.07) is 5.00. The minimum Gasteiger partial charge on any atom is -0.293 e. The van der Waals surface area contributed by atoms with Gasteiger partial charge in [-0.25, -0.2) is 0 Å². The third-order valence-corrected chi connectivity index (χ3v) is 5.03. The van der Waals surface area contributed by atoms with E-state index in [-0.39, 0.29) is 0 Å². The molecule has 0 radical (unpaired) electrons. The van der Waals surface area contributed by atoms with Crippen molar-refractivity contribution in [3.8, 4) is 0 Å². The van der Waals surface area contributed by atoms with E-state index in [4.69, 9.17) is 0 Å². The van der Waals surface area contributed by atoms with E-state index in [0.29, 0.717) is 0 Å². The number of thioether (sulfide) groups is 1. The van der Waals surface area contributed by atoms with E-state index in [1.54, 1.807) is 0 Å². The van der Waals surface area contributed by atoms with E-state index in [0.717, 1.165) is 22.3 Å². The molecule has 2 aliphatic rings. The minimum absolute atomic E-state index is 0.811. The molecule has 0 spiro atoms. The molecule has 0 amide bonds. The molecule has 15 heavy (non-hydrogen) atoms. The molecule has 0 N–H and O–H groups in total. The monoisotopic (exact) mass is 284 g/mol. The van der Waals surface area contributed by atoms with Crippen LogP contribution < -0.4 is 0 Å². The Kier molecular flexibility index (Phi) is 2.75. The van der Waals surface area contributed by atoms with E-state index < -0.39 is 0 Å². The van der Waals surface area contributed by atoms with E-state index in [2.05, 4.69) is 49.7 Å². The van der Waals surface area contributed by atoms with Crippen LogP contribution >= 0.6 is 27.7 Å². The number of hydrogen-bond donors (Lipinski definition) is 0. The second-order valence-electron chi connectivity index (χ2n) is 4.24. The van der Waals surface area contributed by atoms with Gasteiger partial charge in [0.2, 0.25) is 0 Å². The summed E-state index contributed by atoms with van der Waals surface area (Å²) in [6.07, 6.45) is 3.28. The van der Waals surface area contributed by atoms with Crippen LogP contribution in [0.25, 0.3) is 0 Å². The van der Waals surface area contributed by atoms with Gasteiger partial charge in [-0.2, -0.15) is 11.8 Å². The summed E-state index contributed by atoms with van der Waals surface area (Å²) in [6.45, 7) is 2.28. The Balaban J connectivity index is 1.68. The highest BCUT2D eigenvalue weighted by molar-refractivity contribution is 9.10. The molecule has 3 heterocycles. The maximum Gasteiger partial charge on any atom is 0.0544 e. The molecule has 1 aromatic rings. The normalized spacial score (nSPS) is 29.9. The SMILES string of the molecule is Brc1ccc(CN2CC3CC2CS3)nc1. The molecule has 4 heteroatoms. The molecule has 2 aliphatic heterocycles. The van der Waals surface area contributed by atoms with Gasteiger partial charge in [-0.15, -0.1) is 0 Å². The fraction of sp³-hybridized carbons (Fsp3) is 0.545. The third kappa shape index (κ3) is 2.08. The van der Waals surface area contributed by atoms with Crippen LogP contribution in [0.5, 0.6) is 0 Å². The average molecular weight is 285 g/mol. The molecule has 3 rings (SSSR count). The Labute approximate surface area is 103 Å². The Bertz CT molecular complexity index is 354. The van der Waals surface area contributed by atoms with Gasteiger partial charge in [-0.05, 0) is 34.5 Å². The molecule has 2 fully saturated rings. The van der Waals surface area contributed by atoms with Crippen molar-refractivity contribution in [2.24, 2.45) is 0 Å². The summed E-state index contributed by atoms with van der Waals surface area (Å²) in [5, 5.41) is 0.894. The minimum atomic E-state index is 0.811. The molecular weight excluding hydrogens is 272 g/mol. The quantitative estimate of drug-likeness (QED) is 0.830. The van der Waals surface area contributed by atoms with Gasteiger partial charge in [-0.1, -0.05) is 0 Å². The predicted octanol–water partition coefficient (Wildman–Crippen LogP) is 2.53. The zero-order valence-electron chi connectivity index (χ0n) is 8.40. The van der Waals surface area contributed by atoms with Crippen molar-refractivity contribution in [2.45, 2.75) is 24.3 Å². The molecular formula is C11H13BrN2S. The first-order valence-corrected chi connectivity index (χ1v) is 7.11. The molecule has 0 aliphatic carbocycles. The lowest BCUT2D eigenvalue weighted by Crippen LogP contribution is -2.33. The maximum absolute atomic E-state index is 4.43. The van der Waals surface area contributed by atoms with Gasteiger partial charge in [0.1, 0.15) is 0 Å². The van der Waals surface area contributed by atoms with Gasteiger partial charge in [0.15, 0.2) is 0 Å². The van der Waals surface area contributed by atoms with Gasteiger partial charge in [0.25, 0.3) is 0 Å². The first-order chi connectivity index (χ1) is 7.31. The smallest absolute Gasteiger partial charge is 0.0544 e. The van der Waals surface area contributed by atoms with Crippen LogP contribution in [0.2, 0.25) is 0 Å². The standard InChI is InChI=1S/C11H13BrN2S/c12-8-1-2-9(13-4-8)5-14-6-11-3-10(14)7-15-11/h1-2,4,10-11H,3,5-7H2. The first-order valence-electron chi connectivity index (χ1n) is 5.27. The van der Waals surface area contributed by atoms with Crippen LogP contribution in [-0.4, -0.2) is 33.5 Å². The summed E-state index contributed by atoms with van der Waals surface area (Å²) >= 11 is 5.55. The summed E-state index contributed by atoms with van der Waals surface area (Å²) in [5.41, 5.74) is 1.19. The number of likely N-dealkylation sites (tertiary alicyclic amines) is 1. The van der Waals surface area contributed by atoms with Crippen LogP contribution in [-0.2, 0) is 6.54 Å². The topological polar surface area (TPSA) is 16.1 Å². The second kappa shape index (κ2) is 4.07. The van der Waals surface area contributed by atoms with Crippen molar-refractivity contribution in [3.05, 3.63) is 28.5 Å². The largest absolute Gasteiger partial charge is 0.293 e. The molecule has 2 atom stereocenters. The summed E-state index contributed by atoms with van der Waals surface area (Å²) in [7, 11) is 0. The zero-order valence-corrected chi connectivity index (χ0v) is 10.8. The lowest BCUT2D eigenvalue weighted by Gasteiger charge is -2.25. The molecule has 0 saturated carbocycles. The van der Waals surface area contributed by atoms with E-state index in [9.17, 15) is 0 Å². The van der Waals surface area contributed by atoms with Gasteiger partial charge in [-0.3, -0.25) is 9.88 Å². The Hall–Kier alpha value is -0.0600. The van der Waals surface area contributed by atoms with E-state index in [1.807, 2.05) is 6.20 Å². The van der Waals surface area contributed by atoms with Crippen molar-refractivity contribution in [3.63, 3.8) is 0 Å². The fourth-order valence-corrected chi connectivity index (χ4v) is 4.11. The van der Waals surface area contributed by atoms with Crippen molar-refractivity contribution in [1.29, 1.82) is 0 Å². The van der Waals surface area contributed by atoms with Crippen molar-refractivity contribution < 1.29 is 0 Å². The Morgan fingerprint density at radius 3 is 3.07 bits per heavy atom. The molecule has 2 nitrogen and oxygen atoms in total. The lowest BCUT2D eigenvalue weighted by molar-refractivity contribution is 0.258. The molecule has 2 unspecified atom stereocenters. The second-order valence-corrected chi connectivity index (χ2v) is 6.49. The summed E-state index contributed by atoms with van der Waals surface area (Å²) in [5.74, 6) is 1.32. The highest BCUT2D eigenvalue weighted by Gasteiger charge is 2.38. The molecule has 0 aromatic carbocycles. The van der Waals surface area contributed by atoms with Crippen LogP contribution in [0.1, 0.15) is 12.1 Å². The highest BCUT2D eigenvalue weighted by Crippen LogP contribution is 2.37. The lowest BCUT2D eigenvalue weighted by atomic mass is 10.2. The van der Waals surface area contributed by atoms with E-state index >= 15 is 0 Å². The van der Waals surface area contributed by atoms with Gasteiger partial charge >= 0.3 is 0 Å². The Morgan fingerprint density at radius 2 is 2.47 bits per heavy atom. The molecule has 2 saturated heterocycles. The first kappa shape index (κ1) is 10.1. The van der Waals surface area contributed by atoms with Crippen LogP contribution in [0.4, 0.5) is 0 Å². The predicted molar refractivity (Wildman–Crippen MR) is 67.0 cm³/mol. The zero-order chi connectivity index (χ0) is 10.3. The number of aromatic nitrogens is 1. The summed E-state index contributed by atoms with van der Waals surface area (Å²) in [4.78, 5) is 7.01. The number of fused-ring (bicyclic) bond motifs is 2. The highest BCUT2D eigenvalue weighted by atomic mass is 79.9. The number of hydrogen-bond acceptors (Lipinski definition) is 3. The van der Waals surface area contributed by atoms with Crippen LogP contribution in [0.15, 0.2) is 22.8 Å². The number of halogens is 1. The van der Waals surface area contributed by atoms with Crippen molar-refractivity contribution in [2.75, 3.05) is 12.3 Å². The average Bonchev–Trinajstić information content (AvgIpc) is 2.83. The van der Waals surface area contributed by atoms with Gasteiger partial charge in [0.05, 0.1) is 5.69 Å². The molecule has 2 bridgehead atoms. The Morgan fingerprint density at radius 1 is 1.53 bits per heavy atom. The molecule has 80 valence electrons. The van der Waals surface area contributed by atoms with Crippen LogP contribution in [0.3, 0.4) is 0 Å². The molecule has 1 aromatic heterocycles. The number of pyridine rings is 1. The van der Waals surface area contributed by atoms with E-state index in [1.165, 1.54) is 24.4 Å². The van der Waals surface area contributed by atoms with Gasteiger partial charge < -0.3 is 0 Å². The maximum atomic E-state index is 4.43. The van der Waals surface area contributed by atoms with Crippen molar-refractivity contribution >= 4 is 27.7 Å². The summed E-state index contributed by atoms with van der Waals surface area (Å²) < 4.78 is 1.06. The fourth-order valence-electron chi connectivity index (χ4n) is 2.38. The number of rotatable bonds is 2.